The van der Waals surface area contributed by atoms with E-state index in [0.717, 1.165) is 24.3 Å². The van der Waals surface area contributed by atoms with Crippen LogP contribution in [-0.2, 0) is 20.0 Å². The monoisotopic (exact) mass is 460 g/mol. The molecule has 2 aromatic carbocycles. The Kier molecular flexibility index (Phi) is 9.83. The molecule has 6 nitrogen and oxygen atoms in total. The van der Waals surface area contributed by atoms with Gasteiger partial charge in [0.25, 0.3) is 0 Å². The Labute approximate surface area is 175 Å². The molecule has 0 aliphatic heterocycles. The van der Waals surface area contributed by atoms with Crippen LogP contribution in [0.3, 0.4) is 0 Å². The van der Waals surface area contributed by atoms with Crippen LogP contribution in [0.1, 0.15) is 12.8 Å². The summed E-state index contributed by atoms with van der Waals surface area (Å²) in [5.41, 5.74) is 0. The summed E-state index contributed by atoms with van der Waals surface area (Å²) in [4.78, 5) is 0.546. The predicted octanol–water partition coefficient (Wildman–Crippen LogP) is 3.11. The van der Waals surface area contributed by atoms with Gasteiger partial charge in [-0.1, -0.05) is 58.0 Å². The summed E-state index contributed by atoms with van der Waals surface area (Å²) >= 11 is 0. The van der Waals surface area contributed by atoms with Gasteiger partial charge in [-0.15, -0.1) is 0 Å². The molecule has 0 aliphatic rings. The minimum absolute atomic E-state index is 0.273. The molecule has 0 bridgehead atoms. The fourth-order valence-electron chi connectivity index (χ4n) is 2.16. The summed E-state index contributed by atoms with van der Waals surface area (Å²) in [5.74, 6) is 1.63. The van der Waals surface area contributed by atoms with Crippen LogP contribution in [0, 0.1) is 0 Å². The Balaban J connectivity index is 1.51. The van der Waals surface area contributed by atoms with Crippen LogP contribution in [-0.4, -0.2) is 41.4 Å². The Bertz CT molecular complexity index is 828. The first-order valence-corrected chi connectivity index (χ1v) is 14.2. The van der Waals surface area contributed by atoms with Crippen molar-refractivity contribution in [2.45, 2.75) is 22.6 Å². The number of sulfonamides is 2. The van der Waals surface area contributed by atoms with Gasteiger partial charge < -0.3 is 0 Å². The lowest BCUT2D eigenvalue weighted by molar-refractivity contribution is 0.579. The first-order chi connectivity index (χ1) is 13.4. The van der Waals surface area contributed by atoms with Crippen molar-refractivity contribution in [3.63, 3.8) is 0 Å². The summed E-state index contributed by atoms with van der Waals surface area (Å²) in [6.45, 7) is 0.781. The van der Waals surface area contributed by atoms with Crippen molar-refractivity contribution in [3.8, 4) is 0 Å². The van der Waals surface area contributed by atoms with Crippen molar-refractivity contribution in [2.24, 2.45) is 0 Å². The molecule has 2 rings (SSSR count). The average Bonchev–Trinajstić information content (AvgIpc) is 2.70. The summed E-state index contributed by atoms with van der Waals surface area (Å²) in [5, 5.41) is 0. The maximum atomic E-state index is 12.0. The van der Waals surface area contributed by atoms with Gasteiger partial charge in [0, 0.05) is 24.6 Å². The normalized spacial score (nSPS) is 12.1. The van der Waals surface area contributed by atoms with Crippen molar-refractivity contribution in [1.82, 2.24) is 9.44 Å². The highest BCUT2D eigenvalue weighted by Gasteiger charge is 2.12. The van der Waals surface area contributed by atoms with E-state index in [4.69, 9.17) is 0 Å². The first-order valence-electron chi connectivity index (χ1n) is 8.76. The minimum Gasteiger partial charge on any atom is -0.211 e. The Morgan fingerprint density at radius 2 is 0.964 bits per heavy atom. The zero-order chi connectivity index (χ0) is 20.3. The van der Waals surface area contributed by atoms with E-state index in [1.54, 1.807) is 82.3 Å². The van der Waals surface area contributed by atoms with E-state index < -0.39 is 20.0 Å². The van der Waals surface area contributed by atoms with Crippen molar-refractivity contribution in [1.29, 1.82) is 0 Å². The van der Waals surface area contributed by atoms with Crippen molar-refractivity contribution >= 4 is 41.6 Å². The van der Waals surface area contributed by atoms with E-state index >= 15 is 0 Å². The molecule has 0 aliphatic carbocycles. The molecule has 0 amide bonds. The van der Waals surface area contributed by atoms with Gasteiger partial charge in [0.15, 0.2) is 0 Å². The topological polar surface area (TPSA) is 92.3 Å². The van der Waals surface area contributed by atoms with Crippen molar-refractivity contribution in [2.75, 3.05) is 24.6 Å². The van der Waals surface area contributed by atoms with E-state index in [0.29, 0.717) is 13.1 Å². The van der Waals surface area contributed by atoms with Crippen LogP contribution >= 0.6 is 21.6 Å². The highest BCUT2D eigenvalue weighted by atomic mass is 33.1. The molecule has 0 spiro atoms. The third kappa shape index (κ3) is 8.14. The van der Waals surface area contributed by atoms with Gasteiger partial charge in [0.05, 0.1) is 9.79 Å². The first kappa shape index (κ1) is 23.2. The van der Waals surface area contributed by atoms with E-state index in [2.05, 4.69) is 9.44 Å². The second-order valence-electron chi connectivity index (χ2n) is 5.77. The second kappa shape index (κ2) is 11.8. The lowest BCUT2D eigenvalue weighted by Gasteiger charge is -2.07. The fourth-order valence-corrected chi connectivity index (χ4v) is 6.52. The van der Waals surface area contributed by atoms with Gasteiger partial charge in [0.1, 0.15) is 0 Å². The molecule has 0 unspecified atom stereocenters. The Morgan fingerprint density at radius 1 is 0.607 bits per heavy atom. The highest BCUT2D eigenvalue weighted by molar-refractivity contribution is 8.76. The number of hydrogen-bond donors (Lipinski definition) is 2. The summed E-state index contributed by atoms with van der Waals surface area (Å²) in [7, 11) is -3.55. The molecular formula is C18H24N2O4S4. The molecule has 0 atom stereocenters. The van der Waals surface area contributed by atoms with Crippen LogP contribution in [0.4, 0.5) is 0 Å². The minimum atomic E-state index is -3.43. The van der Waals surface area contributed by atoms with Gasteiger partial charge in [0.2, 0.25) is 20.0 Å². The maximum absolute atomic E-state index is 12.0. The molecule has 0 radical (unpaired) electrons. The lowest BCUT2D eigenvalue weighted by atomic mass is 10.4. The number of hydrogen-bond acceptors (Lipinski definition) is 6. The van der Waals surface area contributed by atoms with Gasteiger partial charge in [-0.3, -0.25) is 0 Å². The third-order valence-corrected chi connectivity index (χ3v) is 9.11. The molecular weight excluding hydrogens is 436 g/mol. The van der Waals surface area contributed by atoms with E-state index in [1.807, 2.05) is 0 Å². The molecule has 0 aromatic heterocycles. The number of rotatable bonds is 13. The van der Waals surface area contributed by atoms with Gasteiger partial charge in [-0.2, -0.15) is 0 Å². The van der Waals surface area contributed by atoms with Crippen LogP contribution in [0.25, 0.3) is 0 Å². The summed E-state index contributed by atoms with van der Waals surface area (Å²) < 4.78 is 53.4. The van der Waals surface area contributed by atoms with Gasteiger partial charge in [-0.25, -0.2) is 26.3 Å². The maximum Gasteiger partial charge on any atom is 0.240 e. The van der Waals surface area contributed by atoms with Gasteiger partial charge in [-0.05, 0) is 37.1 Å². The van der Waals surface area contributed by atoms with Crippen LogP contribution in [0.2, 0.25) is 0 Å². The molecule has 28 heavy (non-hydrogen) atoms. The lowest BCUT2D eigenvalue weighted by Crippen LogP contribution is -2.25. The Morgan fingerprint density at radius 3 is 1.32 bits per heavy atom. The van der Waals surface area contributed by atoms with Crippen LogP contribution in [0.15, 0.2) is 70.5 Å². The zero-order valence-electron chi connectivity index (χ0n) is 15.3. The molecule has 0 saturated carbocycles. The quantitative estimate of drug-likeness (QED) is 0.352. The number of benzene rings is 2. The Hall–Kier alpha value is -1.04. The summed E-state index contributed by atoms with van der Waals surface area (Å²) in [6, 6.07) is 16.6. The predicted molar refractivity (Wildman–Crippen MR) is 117 cm³/mol. The molecule has 0 saturated heterocycles. The van der Waals surface area contributed by atoms with Crippen molar-refractivity contribution < 1.29 is 16.8 Å². The molecule has 154 valence electrons. The molecule has 0 heterocycles. The largest absolute Gasteiger partial charge is 0.240 e. The summed E-state index contributed by atoms with van der Waals surface area (Å²) in [6.07, 6.45) is 1.45. The molecule has 0 fully saturated rings. The zero-order valence-corrected chi connectivity index (χ0v) is 18.5. The fraction of sp³-hybridized carbons (Fsp3) is 0.333. The van der Waals surface area contributed by atoms with Crippen LogP contribution < -0.4 is 9.44 Å². The SMILES string of the molecule is O=S(=O)(NCCCSSCCCNS(=O)(=O)c1ccccc1)c1ccccc1. The van der Waals surface area contributed by atoms with Crippen molar-refractivity contribution in [3.05, 3.63) is 60.7 Å². The average molecular weight is 461 g/mol. The molecule has 10 heteroatoms. The third-order valence-electron chi connectivity index (χ3n) is 3.58. The van der Waals surface area contributed by atoms with E-state index in [9.17, 15) is 16.8 Å². The molecule has 2 N–H and O–H groups in total. The number of nitrogens with one attached hydrogen (secondary N) is 2. The smallest absolute Gasteiger partial charge is 0.211 e. The highest BCUT2D eigenvalue weighted by Crippen LogP contribution is 2.22. The second-order valence-corrected chi connectivity index (χ2v) is 12.0. The van der Waals surface area contributed by atoms with Gasteiger partial charge >= 0.3 is 0 Å². The molecule has 2 aromatic rings. The van der Waals surface area contributed by atoms with E-state index in [-0.39, 0.29) is 9.79 Å². The van der Waals surface area contributed by atoms with E-state index in [1.165, 1.54) is 0 Å². The van der Waals surface area contributed by atoms with Crippen LogP contribution in [0.5, 0.6) is 0 Å². The standard InChI is InChI=1S/C18H24N2O4S4/c21-27(22,17-9-3-1-4-10-17)19-13-7-15-25-26-16-8-14-20-28(23,24)18-11-5-2-6-12-18/h1-6,9-12,19-20H,7-8,13-16H2.